The summed E-state index contributed by atoms with van der Waals surface area (Å²) >= 11 is 0. The van der Waals surface area contributed by atoms with Gasteiger partial charge in [0.05, 0.1) is 6.54 Å². The first-order valence-corrected chi connectivity index (χ1v) is 7.27. The second-order valence-electron chi connectivity index (χ2n) is 5.47. The molecule has 1 aliphatic heterocycles. The molecular weight excluding hydrogens is 253 g/mol. The largest absolute Gasteiger partial charge is 0.401 e. The molecule has 0 aliphatic carbocycles. The number of alkyl halides is 3. The highest BCUT2D eigenvalue weighted by Gasteiger charge is 2.34. The van der Waals surface area contributed by atoms with Crippen molar-refractivity contribution in [3.63, 3.8) is 0 Å². The zero-order chi connectivity index (χ0) is 15.1. The van der Waals surface area contributed by atoms with Crippen LogP contribution in [0.15, 0.2) is 0 Å². The fraction of sp³-hybridized carbons (Fsp3) is 1.00. The Bertz CT molecular complexity index is 221. The van der Waals surface area contributed by atoms with Crippen molar-refractivity contribution < 1.29 is 13.2 Å². The highest BCUT2D eigenvalue weighted by Crippen LogP contribution is 2.23. The molecule has 1 heterocycles. The normalized spacial score (nSPS) is 18.6. The molecule has 0 aromatic heterocycles. The summed E-state index contributed by atoms with van der Waals surface area (Å²) in [5, 5.41) is 0. The van der Waals surface area contributed by atoms with Gasteiger partial charge in [-0.15, -0.1) is 0 Å². The molecule has 1 rings (SSSR count). The monoisotopic (exact) mass is 282 g/mol. The van der Waals surface area contributed by atoms with E-state index in [1.165, 1.54) is 0 Å². The number of hydrogen-bond acceptors (Lipinski definition) is 2. The van der Waals surface area contributed by atoms with E-state index < -0.39 is 12.7 Å². The van der Waals surface area contributed by atoms with Crippen molar-refractivity contribution in [2.45, 2.75) is 52.8 Å². The third-order valence-electron chi connectivity index (χ3n) is 3.19. The van der Waals surface area contributed by atoms with E-state index in [4.69, 9.17) is 0 Å². The summed E-state index contributed by atoms with van der Waals surface area (Å²) in [7, 11) is 2.02. The Hall–Kier alpha value is -0.290. The van der Waals surface area contributed by atoms with E-state index in [-0.39, 0.29) is 12.0 Å². The van der Waals surface area contributed by atoms with Crippen LogP contribution in [-0.4, -0.2) is 55.2 Å². The number of likely N-dealkylation sites (tertiary alicyclic amines) is 1. The minimum Gasteiger partial charge on any atom is -0.306 e. The van der Waals surface area contributed by atoms with Crippen molar-refractivity contribution >= 4 is 0 Å². The van der Waals surface area contributed by atoms with E-state index in [1.807, 2.05) is 34.7 Å². The van der Waals surface area contributed by atoms with Crippen molar-refractivity contribution in [1.82, 2.24) is 9.80 Å². The molecule has 1 aliphatic rings. The molecule has 0 aromatic carbocycles. The first kappa shape index (κ1) is 18.7. The van der Waals surface area contributed by atoms with Crippen LogP contribution in [0.4, 0.5) is 13.2 Å². The number of hydrogen-bond donors (Lipinski definition) is 0. The maximum absolute atomic E-state index is 12.5. The molecule has 0 bridgehead atoms. The predicted octanol–water partition coefficient (Wildman–Crippen LogP) is 3.63. The molecule has 0 radical (unpaired) electrons. The van der Waals surface area contributed by atoms with Gasteiger partial charge in [0.15, 0.2) is 0 Å². The second-order valence-corrected chi connectivity index (χ2v) is 5.47. The van der Waals surface area contributed by atoms with Crippen molar-refractivity contribution in [3.05, 3.63) is 0 Å². The SMILES string of the molecule is CC.CC(C)CN(CC(F)(F)F)C1CCN(C)CC1. The predicted molar refractivity (Wildman–Crippen MR) is 74.3 cm³/mol. The van der Waals surface area contributed by atoms with Crippen LogP contribution in [0, 0.1) is 5.92 Å². The van der Waals surface area contributed by atoms with E-state index in [0.29, 0.717) is 6.54 Å². The van der Waals surface area contributed by atoms with Gasteiger partial charge in [-0.25, -0.2) is 0 Å². The summed E-state index contributed by atoms with van der Waals surface area (Å²) in [6, 6.07) is 0.0928. The molecule has 1 saturated heterocycles. The Labute approximate surface area is 115 Å². The van der Waals surface area contributed by atoms with Gasteiger partial charge in [0.25, 0.3) is 0 Å². The third-order valence-corrected chi connectivity index (χ3v) is 3.19. The van der Waals surface area contributed by atoms with Crippen LogP contribution in [0.2, 0.25) is 0 Å². The first-order valence-electron chi connectivity index (χ1n) is 7.27. The average molecular weight is 282 g/mol. The van der Waals surface area contributed by atoms with Crippen LogP contribution >= 0.6 is 0 Å². The molecule has 19 heavy (non-hydrogen) atoms. The molecule has 0 aromatic rings. The molecular formula is C14H29F3N2. The van der Waals surface area contributed by atoms with E-state index in [9.17, 15) is 13.2 Å². The highest BCUT2D eigenvalue weighted by atomic mass is 19.4. The Morgan fingerprint density at radius 1 is 1.16 bits per heavy atom. The van der Waals surface area contributed by atoms with Gasteiger partial charge in [-0.3, -0.25) is 4.90 Å². The first-order chi connectivity index (χ1) is 8.78. The van der Waals surface area contributed by atoms with Crippen molar-refractivity contribution in [3.8, 4) is 0 Å². The van der Waals surface area contributed by atoms with Crippen molar-refractivity contribution in [1.29, 1.82) is 0 Å². The fourth-order valence-electron chi connectivity index (χ4n) is 2.40. The highest BCUT2D eigenvalue weighted by molar-refractivity contribution is 4.80. The van der Waals surface area contributed by atoms with Gasteiger partial charge >= 0.3 is 6.18 Å². The Morgan fingerprint density at radius 3 is 2.00 bits per heavy atom. The maximum atomic E-state index is 12.5. The lowest BCUT2D eigenvalue weighted by Gasteiger charge is -2.38. The standard InChI is InChI=1S/C12H23F3N2.C2H6/c1-10(2)8-17(9-12(13,14)15)11-4-6-16(3)7-5-11;1-2/h10-11H,4-9H2,1-3H3;1-2H3. The molecule has 2 nitrogen and oxygen atoms in total. The average Bonchev–Trinajstić information content (AvgIpc) is 2.29. The van der Waals surface area contributed by atoms with Gasteiger partial charge in [-0.2, -0.15) is 13.2 Å². The van der Waals surface area contributed by atoms with Crippen LogP contribution in [0.3, 0.4) is 0 Å². The molecule has 116 valence electrons. The Kier molecular flexibility index (Phi) is 8.66. The van der Waals surface area contributed by atoms with Gasteiger partial charge < -0.3 is 4.90 Å². The quantitative estimate of drug-likeness (QED) is 0.777. The van der Waals surface area contributed by atoms with Crippen LogP contribution in [-0.2, 0) is 0 Å². The lowest BCUT2D eigenvalue weighted by Crippen LogP contribution is -2.48. The van der Waals surface area contributed by atoms with Gasteiger partial charge in [0, 0.05) is 12.6 Å². The minimum absolute atomic E-state index is 0.0928. The molecule has 0 unspecified atom stereocenters. The lowest BCUT2D eigenvalue weighted by atomic mass is 10.0. The molecule has 0 spiro atoms. The van der Waals surface area contributed by atoms with Gasteiger partial charge in [-0.05, 0) is 38.9 Å². The summed E-state index contributed by atoms with van der Waals surface area (Å²) in [4.78, 5) is 3.80. The van der Waals surface area contributed by atoms with E-state index in [0.717, 1.165) is 25.9 Å². The molecule has 0 amide bonds. The molecule has 5 heteroatoms. The molecule has 1 fully saturated rings. The summed E-state index contributed by atoms with van der Waals surface area (Å²) in [6.07, 6.45) is -2.39. The van der Waals surface area contributed by atoms with E-state index in [2.05, 4.69) is 4.90 Å². The zero-order valence-corrected chi connectivity index (χ0v) is 12.9. The molecule has 0 N–H and O–H groups in total. The van der Waals surface area contributed by atoms with Crippen LogP contribution in [0.25, 0.3) is 0 Å². The smallest absolute Gasteiger partial charge is 0.306 e. The third kappa shape index (κ3) is 8.47. The van der Waals surface area contributed by atoms with E-state index in [1.54, 1.807) is 4.90 Å². The summed E-state index contributed by atoms with van der Waals surface area (Å²) in [5.41, 5.74) is 0. The zero-order valence-electron chi connectivity index (χ0n) is 12.9. The van der Waals surface area contributed by atoms with Gasteiger partial charge in [-0.1, -0.05) is 27.7 Å². The minimum atomic E-state index is -4.09. The van der Waals surface area contributed by atoms with Crippen LogP contribution in [0.1, 0.15) is 40.5 Å². The van der Waals surface area contributed by atoms with Crippen molar-refractivity contribution in [2.24, 2.45) is 5.92 Å². The topological polar surface area (TPSA) is 6.48 Å². The van der Waals surface area contributed by atoms with Gasteiger partial charge in [0.1, 0.15) is 0 Å². The number of rotatable bonds is 4. The number of nitrogens with zero attached hydrogens (tertiary/aromatic N) is 2. The molecule has 0 atom stereocenters. The summed E-state index contributed by atoms with van der Waals surface area (Å²) in [6.45, 7) is 9.51. The number of halogens is 3. The summed E-state index contributed by atoms with van der Waals surface area (Å²) in [5.74, 6) is 0.275. The molecule has 0 saturated carbocycles. The number of piperidine rings is 1. The maximum Gasteiger partial charge on any atom is 0.401 e. The van der Waals surface area contributed by atoms with Crippen molar-refractivity contribution in [2.75, 3.05) is 33.2 Å². The van der Waals surface area contributed by atoms with Crippen LogP contribution < -0.4 is 0 Å². The van der Waals surface area contributed by atoms with Gasteiger partial charge in [0.2, 0.25) is 0 Å². The second kappa shape index (κ2) is 8.80. The van der Waals surface area contributed by atoms with E-state index >= 15 is 0 Å². The Morgan fingerprint density at radius 2 is 1.63 bits per heavy atom. The summed E-state index contributed by atoms with van der Waals surface area (Å²) < 4.78 is 37.6. The lowest BCUT2D eigenvalue weighted by molar-refractivity contribution is -0.153. The Balaban J connectivity index is 0.00000154. The fourth-order valence-corrected chi connectivity index (χ4v) is 2.40. The van der Waals surface area contributed by atoms with Crippen LogP contribution in [0.5, 0.6) is 0 Å².